The highest BCUT2D eigenvalue weighted by Crippen LogP contribution is 2.39. The molecule has 0 unspecified atom stereocenters. The highest BCUT2D eigenvalue weighted by molar-refractivity contribution is 6.38. The molecule has 1 fully saturated rings. The molecule has 38 heavy (non-hydrogen) atoms. The fourth-order valence-corrected chi connectivity index (χ4v) is 4.89. The van der Waals surface area contributed by atoms with Crippen molar-refractivity contribution in [3.8, 4) is 0 Å². The fraction of sp³-hybridized carbons (Fsp3) is 0.241. The monoisotopic (exact) mass is 533 g/mol. The topological polar surface area (TPSA) is 67.9 Å². The van der Waals surface area contributed by atoms with Crippen LogP contribution in [0.4, 0.5) is 21.5 Å². The Hall–Kier alpha value is -3.72. The van der Waals surface area contributed by atoms with Gasteiger partial charge in [-0.15, -0.1) is 0 Å². The van der Waals surface area contributed by atoms with Crippen LogP contribution in [-0.4, -0.2) is 68.4 Å². The third kappa shape index (κ3) is 5.43. The maximum absolute atomic E-state index is 15.3. The van der Waals surface area contributed by atoms with Gasteiger partial charge in [0, 0.05) is 49.5 Å². The Labute approximate surface area is 226 Å². The van der Waals surface area contributed by atoms with Crippen LogP contribution < -0.4 is 15.5 Å². The molecule has 2 aliphatic heterocycles. The van der Waals surface area contributed by atoms with Crippen molar-refractivity contribution in [1.29, 1.82) is 0 Å². The number of hydrogen-bond donors (Lipinski definition) is 2. The normalized spacial score (nSPS) is 17.1. The number of nitrogens with one attached hydrogen (secondary N) is 2. The first-order valence-electron chi connectivity index (χ1n) is 12.4. The number of carbonyl (C=O) groups is 2. The van der Waals surface area contributed by atoms with Crippen LogP contribution in [0.3, 0.4) is 0 Å². The van der Waals surface area contributed by atoms with Crippen LogP contribution in [0.5, 0.6) is 0 Å². The smallest absolute Gasteiger partial charge is 0.258 e. The third-order valence-corrected chi connectivity index (χ3v) is 7.18. The zero-order valence-electron chi connectivity index (χ0n) is 21.3. The van der Waals surface area contributed by atoms with Crippen LogP contribution >= 0.6 is 11.6 Å². The van der Waals surface area contributed by atoms with Crippen LogP contribution in [0, 0.1) is 5.82 Å². The van der Waals surface area contributed by atoms with E-state index in [1.807, 2.05) is 30.3 Å². The second kappa shape index (κ2) is 10.9. The summed E-state index contributed by atoms with van der Waals surface area (Å²) < 4.78 is 15.3. The molecule has 0 atom stereocenters. The van der Waals surface area contributed by atoms with Gasteiger partial charge in [0.2, 0.25) is 5.91 Å². The summed E-state index contributed by atoms with van der Waals surface area (Å²) in [6, 6.07) is 19.2. The van der Waals surface area contributed by atoms with Crippen molar-refractivity contribution < 1.29 is 14.0 Å². The number of hydrogen-bond acceptors (Lipinski definition) is 5. The minimum Gasteiger partial charge on any atom is -0.354 e. The molecule has 0 saturated carbocycles. The summed E-state index contributed by atoms with van der Waals surface area (Å²) in [5, 5.41) is 6.64. The van der Waals surface area contributed by atoms with E-state index < -0.39 is 5.82 Å². The van der Waals surface area contributed by atoms with Gasteiger partial charge in [0.1, 0.15) is 5.82 Å². The molecule has 9 heteroatoms. The van der Waals surface area contributed by atoms with Gasteiger partial charge < -0.3 is 20.4 Å². The average Bonchev–Trinajstić information content (AvgIpc) is 3.23. The fourth-order valence-electron chi connectivity index (χ4n) is 4.72. The predicted octanol–water partition coefficient (Wildman–Crippen LogP) is 4.62. The second-order valence-electron chi connectivity index (χ2n) is 9.58. The highest BCUT2D eigenvalue weighted by Gasteiger charge is 2.29. The number of anilines is 3. The number of rotatable bonds is 6. The molecule has 0 radical (unpaired) electrons. The molecule has 7 nitrogen and oxygen atoms in total. The molecule has 3 aromatic rings. The molecular weight excluding hydrogens is 505 g/mol. The summed E-state index contributed by atoms with van der Waals surface area (Å²) >= 11 is 6.13. The molecular formula is C29H29ClFN5O2. The Kier molecular flexibility index (Phi) is 7.46. The van der Waals surface area contributed by atoms with Crippen LogP contribution in [0.2, 0.25) is 5.02 Å². The van der Waals surface area contributed by atoms with Crippen molar-refractivity contribution in [2.24, 2.45) is 0 Å². The third-order valence-electron chi connectivity index (χ3n) is 6.95. The standard InChI is InChI=1S/C29H29ClFN5O2/c1-34-12-14-36(15-13-34)18-26(37)35(2)25-11-9-21(17-23(25)31)32-28(19-6-4-3-5-7-19)27-22-10-8-20(30)16-24(22)33-29(27)38/h3-11,16-17,32H,12-15,18H2,1-2H3,(H,33,38). The molecule has 3 aromatic carbocycles. The minimum absolute atomic E-state index is 0.167. The van der Waals surface area contributed by atoms with Gasteiger partial charge in [-0.05, 0) is 42.9 Å². The van der Waals surface area contributed by atoms with Crippen molar-refractivity contribution in [1.82, 2.24) is 9.80 Å². The van der Waals surface area contributed by atoms with E-state index in [-0.39, 0.29) is 24.0 Å². The summed E-state index contributed by atoms with van der Waals surface area (Å²) in [5.74, 6) is -0.983. The minimum atomic E-state index is -0.537. The lowest BCUT2D eigenvalue weighted by Gasteiger charge is -2.32. The predicted molar refractivity (Wildman–Crippen MR) is 151 cm³/mol. The number of benzene rings is 3. The Morgan fingerprint density at radius 3 is 2.50 bits per heavy atom. The summed E-state index contributed by atoms with van der Waals surface area (Å²) in [7, 11) is 3.65. The maximum atomic E-state index is 15.3. The van der Waals surface area contributed by atoms with Gasteiger partial charge in [0.15, 0.2) is 0 Å². The first-order valence-corrected chi connectivity index (χ1v) is 12.8. The van der Waals surface area contributed by atoms with Crippen molar-refractivity contribution in [2.75, 3.05) is 62.4 Å². The summed E-state index contributed by atoms with van der Waals surface area (Å²) in [4.78, 5) is 31.6. The van der Waals surface area contributed by atoms with Crippen molar-refractivity contribution in [3.05, 3.63) is 88.7 Å². The Balaban J connectivity index is 1.42. The maximum Gasteiger partial charge on any atom is 0.258 e. The van der Waals surface area contributed by atoms with Crippen molar-refractivity contribution in [2.45, 2.75) is 0 Å². The summed E-state index contributed by atoms with van der Waals surface area (Å²) in [5.41, 5.74) is 3.72. The van der Waals surface area contributed by atoms with Gasteiger partial charge in [0.25, 0.3) is 5.91 Å². The van der Waals surface area contributed by atoms with E-state index in [2.05, 4.69) is 27.5 Å². The molecule has 1 saturated heterocycles. The largest absolute Gasteiger partial charge is 0.354 e. The van der Waals surface area contributed by atoms with E-state index in [9.17, 15) is 9.59 Å². The lowest BCUT2D eigenvalue weighted by Crippen LogP contribution is -2.48. The molecule has 5 rings (SSSR count). The van der Waals surface area contributed by atoms with Crippen LogP contribution in [0.25, 0.3) is 11.3 Å². The number of fused-ring (bicyclic) bond motifs is 1. The van der Waals surface area contributed by atoms with E-state index >= 15 is 4.39 Å². The Bertz CT molecular complexity index is 1400. The number of likely N-dealkylation sites (N-methyl/N-ethyl adjacent to an activating group) is 2. The molecule has 2 heterocycles. The van der Waals surface area contributed by atoms with E-state index in [4.69, 9.17) is 11.6 Å². The van der Waals surface area contributed by atoms with Crippen molar-refractivity contribution in [3.63, 3.8) is 0 Å². The zero-order valence-corrected chi connectivity index (χ0v) is 22.1. The molecule has 0 aliphatic carbocycles. The number of halogens is 2. The first kappa shape index (κ1) is 25.9. The van der Waals surface area contributed by atoms with Gasteiger partial charge in [-0.3, -0.25) is 14.5 Å². The van der Waals surface area contributed by atoms with Gasteiger partial charge in [0.05, 0.1) is 29.2 Å². The summed E-state index contributed by atoms with van der Waals surface area (Å²) in [6.45, 7) is 3.66. The number of nitrogens with zero attached hydrogens (tertiary/aromatic N) is 3. The average molecular weight is 534 g/mol. The Morgan fingerprint density at radius 1 is 1.05 bits per heavy atom. The molecule has 2 amide bonds. The SMILES string of the molecule is CN1CCN(CC(=O)N(C)c2ccc(NC(=C3C(=O)Nc4cc(Cl)ccc43)c3ccccc3)cc2F)CC1. The van der Waals surface area contributed by atoms with Crippen LogP contribution in [0.1, 0.15) is 11.1 Å². The molecule has 0 spiro atoms. The van der Waals surface area contributed by atoms with Gasteiger partial charge in [-0.1, -0.05) is 48.0 Å². The molecule has 2 N–H and O–H groups in total. The van der Waals surface area contributed by atoms with Gasteiger partial charge in [-0.2, -0.15) is 0 Å². The lowest BCUT2D eigenvalue weighted by molar-refractivity contribution is -0.119. The second-order valence-corrected chi connectivity index (χ2v) is 10.0. The molecule has 0 bridgehead atoms. The van der Waals surface area contributed by atoms with E-state index in [0.717, 1.165) is 31.7 Å². The van der Waals surface area contributed by atoms with E-state index in [0.29, 0.717) is 33.2 Å². The Morgan fingerprint density at radius 2 is 1.79 bits per heavy atom. The number of amides is 2. The number of carbonyl (C=O) groups excluding carboxylic acids is 2. The molecule has 196 valence electrons. The van der Waals surface area contributed by atoms with Crippen LogP contribution in [-0.2, 0) is 9.59 Å². The lowest BCUT2D eigenvalue weighted by atomic mass is 10.00. The van der Waals surface area contributed by atoms with Gasteiger partial charge in [-0.25, -0.2) is 4.39 Å². The van der Waals surface area contributed by atoms with E-state index in [1.54, 1.807) is 37.4 Å². The highest BCUT2D eigenvalue weighted by atomic mass is 35.5. The quantitative estimate of drug-likeness (QED) is 0.453. The first-order chi connectivity index (χ1) is 18.3. The molecule has 0 aromatic heterocycles. The van der Waals surface area contributed by atoms with E-state index in [1.165, 1.54) is 11.0 Å². The zero-order chi connectivity index (χ0) is 26.8. The molecule has 2 aliphatic rings. The number of piperazine rings is 1. The summed E-state index contributed by atoms with van der Waals surface area (Å²) in [6.07, 6.45) is 0. The van der Waals surface area contributed by atoms with Crippen LogP contribution in [0.15, 0.2) is 66.7 Å². The van der Waals surface area contributed by atoms with Gasteiger partial charge >= 0.3 is 0 Å². The van der Waals surface area contributed by atoms with Crippen molar-refractivity contribution >= 4 is 51.7 Å².